The minimum atomic E-state index is 0.00373. The predicted molar refractivity (Wildman–Crippen MR) is 72.7 cm³/mol. The third-order valence-corrected chi connectivity index (χ3v) is 3.75. The molecule has 0 saturated carbocycles. The van der Waals surface area contributed by atoms with E-state index in [2.05, 4.69) is 5.32 Å². The van der Waals surface area contributed by atoms with E-state index >= 15 is 0 Å². The molecular weight excluding hydrogens is 244 g/mol. The van der Waals surface area contributed by atoms with Gasteiger partial charge in [0.2, 0.25) is 11.8 Å². The minimum absolute atomic E-state index is 0.00373. The van der Waals surface area contributed by atoms with Crippen LogP contribution in [-0.2, 0) is 9.59 Å². The molecule has 19 heavy (non-hydrogen) atoms. The van der Waals surface area contributed by atoms with E-state index in [-0.39, 0.29) is 17.9 Å². The Balaban J connectivity index is 1.78. The summed E-state index contributed by atoms with van der Waals surface area (Å²) in [6, 6.07) is 0.00373. The largest absolute Gasteiger partial charge is 0.338 e. The molecule has 2 aliphatic rings. The molecule has 2 amide bonds. The molecule has 0 aromatic rings. The summed E-state index contributed by atoms with van der Waals surface area (Å²) in [6.07, 6.45) is 2.02. The molecule has 2 rings (SSSR count). The fourth-order valence-electron chi connectivity index (χ4n) is 2.66. The van der Waals surface area contributed by atoms with Gasteiger partial charge in [-0.25, -0.2) is 0 Å². The van der Waals surface area contributed by atoms with E-state index in [0.717, 1.165) is 19.4 Å². The van der Waals surface area contributed by atoms with Crippen molar-refractivity contribution in [1.82, 2.24) is 20.0 Å². The number of amides is 2. The van der Waals surface area contributed by atoms with Crippen LogP contribution in [0.3, 0.4) is 0 Å². The van der Waals surface area contributed by atoms with Crippen LogP contribution in [-0.4, -0.2) is 85.9 Å². The van der Waals surface area contributed by atoms with Gasteiger partial charge >= 0.3 is 0 Å². The topological polar surface area (TPSA) is 55.9 Å². The molecule has 2 saturated heterocycles. The van der Waals surface area contributed by atoms with Gasteiger partial charge in [0.15, 0.2) is 0 Å². The second-order valence-corrected chi connectivity index (χ2v) is 5.59. The lowest BCUT2D eigenvalue weighted by Crippen LogP contribution is -2.55. The summed E-state index contributed by atoms with van der Waals surface area (Å²) in [5, 5.41) is 3.24. The standard InChI is InChI=1S/C13H24N4O2/c1-15(2)10-12(18)16-6-8-17(9-7-16)13(19)11-4-3-5-14-11/h11,14H,3-10H2,1-2H3. The van der Waals surface area contributed by atoms with E-state index < -0.39 is 0 Å². The highest BCUT2D eigenvalue weighted by atomic mass is 16.2. The zero-order valence-corrected chi connectivity index (χ0v) is 11.9. The number of rotatable bonds is 3. The van der Waals surface area contributed by atoms with Crippen LogP contribution >= 0.6 is 0 Å². The fraction of sp³-hybridized carbons (Fsp3) is 0.846. The van der Waals surface area contributed by atoms with Gasteiger partial charge in [0, 0.05) is 26.2 Å². The first-order valence-electron chi connectivity index (χ1n) is 7.02. The maximum Gasteiger partial charge on any atom is 0.239 e. The minimum Gasteiger partial charge on any atom is -0.338 e. The monoisotopic (exact) mass is 268 g/mol. The van der Waals surface area contributed by atoms with E-state index in [1.165, 1.54) is 0 Å². The summed E-state index contributed by atoms with van der Waals surface area (Å²) in [6.45, 7) is 4.03. The highest BCUT2D eigenvalue weighted by Crippen LogP contribution is 2.11. The Morgan fingerprint density at radius 3 is 2.32 bits per heavy atom. The fourth-order valence-corrected chi connectivity index (χ4v) is 2.66. The van der Waals surface area contributed by atoms with Crippen molar-refractivity contribution in [3.8, 4) is 0 Å². The summed E-state index contributed by atoms with van der Waals surface area (Å²) in [5.74, 6) is 0.355. The average Bonchev–Trinajstić information content (AvgIpc) is 2.91. The highest BCUT2D eigenvalue weighted by molar-refractivity contribution is 5.83. The molecule has 0 aromatic carbocycles. The summed E-state index contributed by atoms with van der Waals surface area (Å²) in [7, 11) is 3.78. The van der Waals surface area contributed by atoms with Crippen molar-refractivity contribution < 1.29 is 9.59 Å². The Labute approximate surface area is 114 Å². The molecule has 0 aromatic heterocycles. The molecule has 6 heteroatoms. The Hall–Kier alpha value is -1.14. The molecule has 2 fully saturated rings. The Kier molecular flexibility index (Phi) is 4.76. The lowest BCUT2D eigenvalue weighted by molar-refractivity contribution is -0.140. The van der Waals surface area contributed by atoms with Crippen molar-refractivity contribution in [2.24, 2.45) is 0 Å². The molecule has 1 N–H and O–H groups in total. The van der Waals surface area contributed by atoms with E-state index in [9.17, 15) is 9.59 Å². The lowest BCUT2D eigenvalue weighted by atomic mass is 10.2. The molecule has 0 bridgehead atoms. The molecule has 108 valence electrons. The number of nitrogens with one attached hydrogen (secondary N) is 1. The van der Waals surface area contributed by atoms with Gasteiger partial charge in [-0.3, -0.25) is 9.59 Å². The zero-order valence-electron chi connectivity index (χ0n) is 11.9. The number of hydrogen-bond donors (Lipinski definition) is 1. The van der Waals surface area contributed by atoms with Crippen LogP contribution in [0, 0.1) is 0 Å². The lowest BCUT2D eigenvalue weighted by Gasteiger charge is -2.36. The van der Waals surface area contributed by atoms with Crippen LogP contribution in [0.5, 0.6) is 0 Å². The number of hydrogen-bond acceptors (Lipinski definition) is 4. The molecule has 0 radical (unpaired) electrons. The van der Waals surface area contributed by atoms with Crippen LogP contribution < -0.4 is 5.32 Å². The Morgan fingerprint density at radius 1 is 1.16 bits per heavy atom. The number of carbonyl (C=O) groups excluding carboxylic acids is 2. The molecule has 0 spiro atoms. The first-order chi connectivity index (χ1) is 9.08. The number of piperazine rings is 1. The van der Waals surface area contributed by atoms with Gasteiger partial charge in [0.05, 0.1) is 12.6 Å². The van der Waals surface area contributed by atoms with Crippen molar-refractivity contribution in [3.63, 3.8) is 0 Å². The van der Waals surface area contributed by atoms with Gasteiger partial charge in [-0.05, 0) is 33.5 Å². The maximum atomic E-state index is 12.2. The third kappa shape index (κ3) is 3.67. The van der Waals surface area contributed by atoms with Gasteiger partial charge in [-0.2, -0.15) is 0 Å². The van der Waals surface area contributed by atoms with Gasteiger partial charge in [-0.1, -0.05) is 0 Å². The first kappa shape index (κ1) is 14.3. The quantitative estimate of drug-likeness (QED) is 0.711. The zero-order chi connectivity index (χ0) is 13.8. The highest BCUT2D eigenvalue weighted by Gasteiger charge is 2.30. The predicted octanol–water partition coefficient (Wildman–Crippen LogP) is -1.03. The van der Waals surface area contributed by atoms with Gasteiger partial charge in [0.25, 0.3) is 0 Å². The normalized spacial score (nSPS) is 24.1. The first-order valence-corrected chi connectivity index (χ1v) is 7.02. The maximum absolute atomic E-state index is 12.2. The van der Waals surface area contributed by atoms with Crippen LogP contribution in [0.4, 0.5) is 0 Å². The van der Waals surface area contributed by atoms with Crippen molar-refractivity contribution in [1.29, 1.82) is 0 Å². The Bertz CT molecular complexity index is 332. The average molecular weight is 268 g/mol. The van der Waals surface area contributed by atoms with Gasteiger partial charge in [0.1, 0.15) is 0 Å². The number of nitrogens with zero attached hydrogens (tertiary/aromatic N) is 3. The number of carbonyl (C=O) groups is 2. The van der Waals surface area contributed by atoms with E-state index in [1.54, 1.807) is 0 Å². The van der Waals surface area contributed by atoms with Crippen molar-refractivity contribution in [3.05, 3.63) is 0 Å². The van der Waals surface area contributed by atoms with Crippen LogP contribution in [0.1, 0.15) is 12.8 Å². The van der Waals surface area contributed by atoms with Crippen molar-refractivity contribution >= 4 is 11.8 Å². The van der Waals surface area contributed by atoms with Gasteiger partial charge in [-0.15, -0.1) is 0 Å². The molecule has 1 atom stereocenters. The molecule has 1 unspecified atom stereocenters. The van der Waals surface area contributed by atoms with Crippen LogP contribution in [0.25, 0.3) is 0 Å². The second-order valence-electron chi connectivity index (χ2n) is 5.59. The SMILES string of the molecule is CN(C)CC(=O)N1CCN(C(=O)C2CCCN2)CC1. The molecule has 0 aliphatic carbocycles. The van der Waals surface area contributed by atoms with E-state index in [4.69, 9.17) is 0 Å². The van der Waals surface area contributed by atoms with Crippen LogP contribution in [0.2, 0.25) is 0 Å². The van der Waals surface area contributed by atoms with Crippen molar-refractivity contribution in [2.45, 2.75) is 18.9 Å². The van der Waals surface area contributed by atoms with E-state index in [1.807, 2.05) is 28.8 Å². The smallest absolute Gasteiger partial charge is 0.239 e. The summed E-state index contributed by atoms with van der Waals surface area (Å²) in [5.41, 5.74) is 0. The summed E-state index contributed by atoms with van der Waals surface area (Å²) in [4.78, 5) is 29.7. The Morgan fingerprint density at radius 2 is 1.79 bits per heavy atom. The van der Waals surface area contributed by atoms with Crippen molar-refractivity contribution in [2.75, 3.05) is 53.4 Å². The molecule has 2 heterocycles. The molecular formula is C13H24N4O2. The molecule has 6 nitrogen and oxygen atoms in total. The third-order valence-electron chi connectivity index (χ3n) is 3.75. The number of likely N-dealkylation sites (N-methyl/N-ethyl adjacent to an activating group) is 1. The van der Waals surface area contributed by atoms with E-state index in [0.29, 0.717) is 32.7 Å². The summed E-state index contributed by atoms with van der Waals surface area (Å²) < 4.78 is 0. The second kappa shape index (κ2) is 6.34. The van der Waals surface area contributed by atoms with Gasteiger partial charge < -0.3 is 20.0 Å². The molecule has 2 aliphatic heterocycles. The van der Waals surface area contributed by atoms with Crippen LogP contribution in [0.15, 0.2) is 0 Å². The summed E-state index contributed by atoms with van der Waals surface area (Å²) >= 11 is 0.